The Kier molecular flexibility index (Phi) is 4.94. The summed E-state index contributed by atoms with van der Waals surface area (Å²) in [5.41, 5.74) is 6.32. The van der Waals surface area contributed by atoms with Crippen molar-refractivity contribution in [2.75, 3.05) is 18.4 Å². The van der Waals surface area contributed by atoms with E-state index >= 15 is 0 Å². The third-order valence-corrected chi connectivity index (χ3v) is 4.82. The van der Waals surface area contributed by atoms with Crippen LogP contribution in [0.4, 0.5) is 5.95 Å². The zero-order chi connectivity index (χ0) is 17.1. The average Bonchev–Trinajstić information content (AvgIpc) is 3.00. The number of carboxylic acids is 1. The highest BCUT2D eigenvalue weighted by Gasteiger charge is 2.15. The van der Waals surface area contributed by atoms with Crippen LogP contribution >= 0.6 is 22.9 Å². The maximum Gasteiger partial charge on any atom is 0.336 e. The highest BCUT2D eigenvalue weighted by Crippen LogP contribution is 2.37. The Balaban J connectivity index is 2.02. The molecule has 2 heterocycles. The summed E-state index contributed by atoms with van der Waals surface area (Å²) < 4.78 is 0.872. The van der Waals surface area contributed by atoms with Gasteiger partial charge in [-0.05, 0) is 31.2 Å². The van der Waals surface area contributed by atoms with Crippen molar-refractivity contribution >= 4 is 44.9 Å². The lowest BCUT2D eigenvalue weighted by Gasteiger charge is -2.06. The second kappa shape index (κ2) is 7.12. The van der Waals surface area contributed by atoms with Gasteiger partial charge in [-0.15, -0.1) is 11.3 Å². The van der Waals surface area contributed by atoms with Gasteiger partial charge in [0.15, 0.2) is 0 Å². The van der Waals surface area contributed by atoms with Gasteiger partial charge in [0.2, 0.25) is 5.95 Å². The molecule has 0 amide bonds. The van der Waals surface area contributed by atoms with Crippen LogP contribution in [0.2, 0.25) is 5.02 Å². The summed E-state index contributed by atoms with van der Waals surface area (Å²) in [5, 5.41) is 13.5. The monoisotopic (exact) mass is 362 g/mol. The summed E-state index contributed by atoms with van der Waals surface area (Å²) in [7, 11) is 0. The van der Waals surface area contributed by atoms with Crippen LogP contribution in [0.15, 0.2) is 30.5 Å². The van der Waals surface area contributed by atoms with Gasteiger partial charge in [-0.25, -0.2) is 14.8 Å². The molecule has 0 saturated heterocycles. The van der Waals surface area contributed by atoms with Crippen LogP contribution in [-0.2, 0) is 0 Å². The van der Waals surface area contributed by atoms with Crippen molar-refractivity contribution in [3.05, 3.63) is 41.0 Å². The topological polar surface area (TPSA) is 101 Å². The molecule has 0 atom stereocenters. The first-order valence-electron chi connectivity index (χ1n) is 7.33. The SMILES string of the molecule is NCCCNc1ncc(Cl)c(-c2cc3c(C(=O)O)cccc3s2)n1. The first-order chi connectivity index (χ1) is 11.6. The van der Waals surface area contributed by atoms with Crippen molar-refractivity contribution in [1.82, 2.24) is 9.97 Å². The van der Waals surface area contributed by atoms with Gasteiger partial charge in [0.25, 0.3) is 0 Å². The number of fused-ring (bicyclic) bond motifs is 1. The molecule has 0 aliphatic heterocycles. The first kappa shape index (κ1) is 16.6. The number of aromatic nitrogens is 2. The van der Waals surface area contributed by atoms with Gasteiger partial charge in [-0.2, -0.15) is 0 Å². The molecule has 2 aromatic heterocycles. The van der Waals surface area contributed by atoms with Crippen molar-refractivity contribution in [1.29, 1.82) is 0 Å². The fraction of sp³-hybridized carbons (Fsp3) is 0.188. The van der Waals surface area contributed by atoms with Gasteiger partial charge >= 0.3 is 5.97 Å². The second-order valence-corrected chi connectivity index (χ2v) is 6.58. The molecular formula is C16H15ClN4O2S. The lowest BCUT2D eigenvalue weighted by atomic mass is 10.1. The molecule has 8 heteroatoms. The maximum absolute atomic E-state index is 11.4. The molecule has 3 aromatic rings. The van der Waals surface area contributed by atoms with Crippen LogP contribution in [0.25, 0.3) is 20.7 Å². The molecule has 6 nitrogen and oxygen atoms in total. The molecule has 124 valence electrons. The van der Waals surface area contributed by atoms with Crippen LogP contribution < -0.4 is 11.1 Å². The van der Waals surface area contributed by atoms with Gasteiger partial charge < -0.3 is 16.2 Å². The molecule has 0 fully saturated rings. The fourth-order valence-electron chi connectivity index (χ4n) is 2.29. The Hall–Kier alpha value is -2.22. The van der Waals surface area contributed by atoms with E-state index in [1.165, 1.54) is 17.5 Å². The Bertz CT molecular complexity index is 897. The summed E-state index contributed by atoms with van der Waals surface area (Å²) in [6.07, 6.45) is 2.35. The Morgan fingerprint density at radius 2 is 2.25 bits per heavy atom. The molecule has 0 radical (unpaired) electrons. The minimum absolute atomic E-state index is 0.265. The standard InChI is InChI=1S/C16H15ClN4O2S/c17-11-8-20-16(19-6-2-5-18)21-14(11)13-7-10-9(15(22)23)3-1-4-12(10)24-13/h1,3-4,7-8H,2,5-6,18H2,(H,22,23)(H,19,20,21). The smallest absolute Gasteiger partial charge is 0.336 e. The molecule has 4 N–H and O–H groups in total. The molecule has 0 aliphatic rings. The number of nitrogens with zero attached hydrogens (tertiary/aromatic N) is 2. The molecule has 1 aromatic carbocycles. The summed E-state index contributed by atoms with van der Waals surface area (Å²) in [6.45, 7) is 1.26. The number of nitrogens with two attached hydrogens (primary N) is 1. The Morgan fingerprint density at radius 1 is 1.42 bits per heavy atom. The fourth-order valence-corrected chi connectivity index (χ4v) is 3.63. The molecule has 0 spiro atoms. The molecule has 3 rings (SSSR count). The quantitative estimate of drug-likeness (QED) is 0.580. The van der Waals surface area contributed by atoms with Crippen LogP contribution in [0.1, 0.15) is 16.8 Å². The first-order valence-corrected chi connectivity index (χ1v) is 8.52. The number of hydrogen-bond acceptors (Lipinski definition) is 6. The number of nitrogens with one attached hydrogen (secondary N) is 1. The van der Waals surface area contributed by atoms with E-state index in [1.807, 2.05) is 6.07 Å². The summed E-state index contributed by atoms with van der Waals surface area (Å²) in [4.78, 5) is 20.8. The Morgan fingerprint density at radius 3 is 3.00 bits per heavy atom. The number of aromatic carboxylic acids is 1. The number of rotatable bonds is 6. The molecule has 24 heavy (non-hydrogen) atoms. The zero-order valence-corrected chi connectivity index (χ0v) is 14.2. The second-order valence-electron chi connectivity index (χ2n) is 5.09. The lowest BCUT2D eigenvalue weighted by molar-refractivity contribution is 0.0699. The lowest BCUT2D eigenvalue weighted by Crippen LogP contribution is -2.10. The van der Waals surface area contributed by atoms with Crippen molar-refractivity contribution in [2.24, 2.45) is 5.73 Å². The van der Waals surface area contributed by atoms with E-state index in [4.69, 9.17) is 17.3 Å². The van der Waals surface area contributed by atoms with Crippen molar-refractivity contribution in [3.63, 3.8) is 0 Å². The molecule has 0 saturated carbocycles. The minimum atomic E-state index is -0.956. The van der Waals surface area contributed by atoms with Crippen molar-refractivity contribution < 1.29 is 9.90 Å². The maximum atomic E-state index is 11.4. The summed E-state index contributed by atoms with van der Waals surface area (Å²) in [6, 6.07) is 7.00. The summed E-state index contributed by atoms with van der Waals surface area (Å²) >= 11 is 7.69. The molecular weight excluding hydrogens is 348 g/mol. The van der Waals surface area contributed by atoms with E-state index in [-0.39, 0.29) is 5.56 Å². The minimum Gasteiger partial charge on any atom is -0.478 e. The number of halogens is 1. The van der Waals surface area contributed by atoms with E-state index in [0.717, 1.165) is 16.0 Å². The van der Waals surface area contributed by atoms with Gasteiger partial charge in [-0.1, -0.05) is 17.7 Å². The van der Waals surface area contributed by atoms with E-state index in [2.05, 4.69) is 15.3 Å². The Labute approximate surface area is 147 Å². The number of carbonyl (C=O) groups is 1. The van der Waals surface area contributed by atoms with E-state index in [9.17, 15) is 9.90 Å². The third-order valence-electron chi connectivity index (χ3n) is 3.43. The average molecular weight is 363 g/mol. The van der Waals surface area contributed by atoms with Gasteiger partial charge in [0.05, 0.1) is 21.7 Å². The van der Waals surface area contributed by atoms with E-state index < -0.39 is 5.97 Å². The zero-order valence-electron chi connectivity index (χ0n) is 12.6. The van der Waals surface area contributed by atoms with Crippen LogP contribution in [0.5, 0.6) is 0 Å². The van der Waals surface area contributed by atoms with Crippen LogP contribution in [0.3, 0.4) is 0 Å². The van der Waals surface area contributed by atoms with Crippen molar-refractivity contribution in [2.45, 2.75) is 6.42 Å². The largest absolute Gasteiger partial charge is 0.478 e. The van der Waals surface area contributed by atoms with E-state index in [0.29, 0.717) is 35.1 Å². The molecule has 0 bridgehead atoms. The predicted molar refractivity (Wildman–Crippen MR) is 97.0 cm³/mol. The summed E-state index contributed by atoms with van der Waals surface area (Å²) in [5.74, 6) is -0.485. The number of thiophene rings is 1. The van der Waals surface area contributed by atoms with Gasteiger partial charge in [-0.3, -0.25) is 0 Å². The van der Waals surface area contributed by atoms with E-state index in [1.54, 1.807) is 18.2 Å². The van der Waals surface area contributed by atoms with Gasteiger partial charge in [0.1, 0.15) is 5.69 Å². The molecule has 0 aliphatic carbocycles. The predicted octanol–water partition coefficient (Wildman–Crippen LogP) is 3.47. The molecule has 0 unspecified atom stereocenters. The number of anilines is 1. The van der Waals surface area contributed by atoms with Crippen LogP contribution in [0, 0.1) is 0 Å². The van der Waals surface area contributed by atoms with Crippen LogP contribution in [-0.4, -0.2) is 34.1 Å². The highest BCUT2D eigenvalue weighted by molar-refractivity contribution is 7.22. The number of hydrogen-bond donors (Lipinski definition) is 3. The number of benzene rings is 1. The third kappa shape index (κ3) is 3.33. The van der Waals surface area contributed by atoms with Gasteiger partial charge in [0, 0.05) is 16.6 Å². The van der Waals surface area contributed by atoms with Crippen molar-refractivity contribution in [3.8, 4) is 10.6 Å². The highest BCUT2D eigenvalue weighted by atomic mass is 35.5. The normalized spacial score (nSPS) is 10.9. The number of carboxylic acid groups (broad SMARTS) is 1.